The van der Waals surface area contributed by atoms with Crippen molar-refractivity contribution in [3.8, 4) is 0 Å². The largest absolute Gasteiger partial charge is 0.510 e. The van der Waals surface area contributed by atoms with E-state index in [-0.39, 0.29) is 13.4 Å². The van der Waals surface area contributed by atoms with Crippen LogP contribution >= 0.6 is 0 Å². The van der Waals surface area contributed by atoms with Gasteiger partial charge in [-0.25, -0.2) is 10.7 Å². The van der Waals surface area contributed by atoms with Gasteiger partial charge in [-0.05, 0) is 5.56 Å². The van der Waals surface area contributed by atoms with Gasteiger partial charge in [0, 0.05) is 0 Å². The third-order valence-electron chi connectivity index (χ3n) is 1.44. The molecule has 5 nitrogen and oxygen atoms in total. The summed E-state index contributed by atoms with van der Waals surface area (Å²) in [4.78, 5) is 14.8. The van der Waals surface area contributed by atoms with E-state index in [4.69, 9.17) is 4.74 Å². The second-order valence-corrected chi connectivity index (χ2v) is 2.45. The number of ether oxygens (including phenoxy) is 2. The molecule has 2 N–H and O–H groups in total. The number of rotatable bonds is 4. The van der Waals surface area contributed by atoms with E-state index >= 15 is 0 Å². The lowest BCUT2D eigenvalue weighted by atomic mass is 10.2. The van der Waals surface area contributed by atoms with E-state index in [0.29, 0.717) is 0 Å². The van der Waals surface area contributed by atoms with Crippen molar-refractivity contribution in [3.63, 3.8) is 0 Å². The van der Waals surface area contributed by atoms with Gasteiger partial charge in [0.1, 0.15) is 6.61 Å². The summed E-state index contributed by atoms with van der Waals surface area (Å²) < 4.78 is 9.14. The Balaban J connectivity index is 2.24. The lowest BCUT2D eigenvalue weighted by Gasteiger charge is -2.04. The van der Waals surface area contributed by atoms with E-state index in [1.807, 2.05) is 30.3 Å². The molecule has 0 aliphatic heterocycles. The summed E-state index contributed by atoms with van der Waals surface area (Å²) >= 11 is 0. The smallest absolute Gasteiger partial charge is 0.429 e. The van der Waals surface area contributed by atoms with Crippen molar-refractivity contribution in [2.45, 2.75) is 6.61 Å². The molecular formula is C9H11NO4. The van der Waals surface area contributed by atoms with Crippen molar-refractivity contribution in [2.75, 3.05) is 6.79 Å². The minimum atomic E-state index is -0.806. The van der Waals surface area contributed by atoms with Crippen LogP contribution in [-0.2, 0) is 20.9 Å². The minimum absolute atomic E-state index is 0.171. The summed E-state index contributed by atoms with van der Waals surface area (Å²) in [6.07, 6.45) is -0.806. The van der Waals surface area contributed by atoms with Gasteiger partial charge in [0.2, 0.25) is 6.79 Å². The first-order chi connectivity index (χ1) is 6.83. The highest BCUT2D eigenvalue weighted by Crippen LogP contribution is 2.01. The third-order valence-corrected chi connectivity index (χ3v) is 1.44. The van der Waals surface area contributed by atoms with Gasteiger partial charge in [-0.1, -0.05) is 30.3 Å². The van der Waals surface area contributed by atoms with Crippen molar-refractivity contribution >= 4 is 6.16 Å². The zero-order chi connectivity index (χ0) is 10.2. The fraction of sp³-hybridized carbons (Fsp3) is 0.222. The van der Waals surface area contributed by atoms with E-state index in [9.17, 15) is 4.79 Å². The molecule has 0 bridgehead atoms. The fourth-order valence-electron chi connectivity index (χ4n) is 0.840. The van der Waals surface area contributed by atoms with Crippen LogP contribution in [0, 0.1) is 0 Å². The average molecular weight is 197 g/mol. The third kappa shape index (κ3) is 3.88. The molecule has 0 heterocycles. The van der Waals surface area contributed by atoms with Crippen LogP contribution in [0.5, 0.6) is 0 Å². The standard InChI is InChI=1S/C9H11NO4/c10-14-7-13-9(11)12-6-8-4-2-1-3-5-8/h1-5H,6-7,10H2. The first kappa shape index (κ1) is 10.5. The zero-order valence-electron chi connectivity index (χ0n) is 7.51. The van der Waals surface area contributed by atoms with Gasteiger partial charge >= 0.3 is 6.16 Å². The number of hydrogen-bond donors (Lipinski definition) is 1. The summed E-state index contributed by atoms with van der Waals surface area (Å²) in [5, 5.41) is 0. The van der Waals surface area contributed by atoms with Crippen molar-refractivity contribution < 1.29 is 19.1 Å². The van der Waals surface area contributed by atoms with E-state index in [1.54, 1.807) is 0 Å². The van der Waals surface area contributed by atoms with E-state index in [2.05, 4.69) is 15.5 Å². The van der Waals surface area contributed by atoms with Crippen LogP contribution < -0.4 is 5.90 Å². The van der Waals surface area contributed by atoms with Gasteiger partial charge in [-0.2, -0.15) is 0 Å². The first-order valence-corrected chi connectivity index (χ1v) is 3.98. The Kier molecular flexibility index (Phi) is 4.46. The molecule has 1 aromatic carbocycles. The van der Waals surface area contributed by atoms with E-state index in [0.717, 1.165) is 5.56 Å². The van der Waals surface area contributed by atoms with Crippen LogP contribution in [0.3, 0.4) is 0 Å². The molecular weight excluding hydrogens is 186 g/mol. The van der Waals surface area contributed by atoms with Gasteiger partial charge in [0.05, 0.1) is 0 Å². The molecule has 0 atom stereocenters. The Morgan fingerprint density at radius 2 is 1.93 bits per heavy atom. The number of benzene rings is 1. The number of carbonyl (C=O) groups excluding carboxylic acids is 1. The maximum Gasteiger partial charge on any atom is 0.510 e. The summed E-state index contributed by atoms with van der Waals surface area (Å²) in [6.45, 7) is -0.141. The van der Waals surface area contributed by atoms with Crippen LogP contribution in [-0.4, -0.2) is 12.9 Å². The van der Waals surface area contributed by atoms with Crippen LogP contribution in [0.4, 0.5) is 4.79 Å². The summed E-state index contributed by atoms with van der Waals surface area (Å²) in [5.41, 5.74) is 0.887. The Morgan fingerprint density at radius 1 is 1.21 bits per heavy atom. The molecule has 0 amide bonds. The molecule has 0 aromatic heterocycles. The van der Waals surface area contributed by atoms with Crippen molar-refractivity contribution in [3.05, 3.63) is 35.9 Å². The van der Waals surface area contributed by atoms with Gasteiger partial charge in [-0.3, -0.25) is 4.84 Å². The average Bonchev–Trinajstić information content (AvgIpc) is 2.25. The normalized spacial score (nSPS) is 9.50. The van der Waals surface area contributed by atoms with E-state index < -0.39 is 6.16 Å². The summed E-state index contributed by atoms with van der Waals surface area (Å²) in [6, 6.07) is 9.27. The van der Waals surface area contributed by atoms with Crippen molar-refractivity contribution in [1.29, 1.82) is 0 Å². The molecule has 0 aliphatic carbocycles. The highest BCUT2D eigenvalue weighted by atomic mass is 16.8. The second kappa shape index (κ2) is 5.95. The van der Waals surface area contributed by atoms with Gasteiger partial charge in [-0.15, -0.1) is 0 Å². The van der Waals surface area contributed by atoms with Gasteiger partial charge in [0.25, 0.3) is 0 Å². The summed E-state index contributed by atoms with van der Waals surface area (Å²) in [7, 11) is 0. The second-order valence-electron chi connectivity index (χ2n) is 2.45. The lowest BCUT2D eigenvalue weighted by molar-refractivity contribution is -0.0480. The van der Waals surface area contributed by atoms with Crippen molar-refractivity contribution in [2.24, 2.45) is 5.90 Å². The number of nitrogens with two attached hydrogens (primary N) is 1. The molecule has 0 fully saturated rings. The SMILES string of the molecule is NOCOC(=O)OCc1ccccc1. The topological polar surface area (TPSA) is 70.8 Å². The van der Waals surface area contributed by atoms with Gasteiger partial charge in [0.15, 0.2) is 0 Å². The Bertz CT molecular complexity index is 275. The number of hydrogen-bond acceptors (Lipinski definition) is 5. The predicted octanol–water partition coefficient (Wildman–Crippen LogP) is 1.19. The van der Waals surface area contributed by atoms with Crippen LogP contribution in [0.2, 0.25) is 0 Å². The highest BCUT2D eigenvalue weighted by molar-refractivity contribution is 5.59. The summed E-state index contributed by atoms with van der Waals surface area (Å²) in [5.74, 6) is 4.65. The van der Waals surface area contributed by atoms with E-state index in [1.165, 1.54) is 0 Å². The molecule has 14 heavy (non-hydrogen) atoms. The monoisotopic (exact) mass is 197 g/mol. The van der Waals surface area contributed by atoms with Crippen LogP contribution in [0.1, 0.15) is 5.56 Å². The Hall–Kier alpha value is -1.59. The Labute approximate surface area is 81.3 Å². The van der Waals surface area contributed by atoms with Crippen LogP contribution in [0.25, 0.3) is 0 Å². The zero-order valence-corrected chi connectivity index (χ0v) is 7.51. The molecule has 0 unspecified atom stereocenters. The fourth-order valence-corrected chi connectivity index (χ4v) is 0.840. The number of carbonyl (C=O) groups is 1. The molecule has 0 spiro atoms. The molecule has 0 saturated heterocycles. The van der Waals surface area contributed by atoms with Crippen LogP contribution in [0.15, 0.2) is 30.3 Å². The highest BCUT2D eigenvalue weighted by Gasteiger charge is 2.02. The quantitative estimate of drug-likeness (QED) is 0.446. The van der Waals surface area contributed by atoms with Crippen molar-refractivity contribution in [1.82, 2.24) is 0 Å². The molecule has 1 aromatic rings. The predicted molar refractivity (Wildman–Crippen MR) is 47.9 cm³/mol. The lowest BCUT2D eigenvalue weighted by Crippen LogP contribution is -2.12. The first-order valence-electron chi connectivity index (χ1n) is 3.98. The molecule has 0 saturated carbocycles. The maximum absolute atomic E-state index is 10.8. The maximum atomic E-state index is 10.8. The molecule has 5 heteroatoms. The molecule has 0 aliphatic rings. The minimum Gasteiger partial charge on any atom is -0.429 e. The Morgan fingerprint density at radius 3 is 2.57 bits per heavy atom. The molecule has 76 valence electrons. The molecule has 0 radical (unpaired) electrons. The molecule has 1 rings (SSSR count). The van der Waals surface area contributed by atoms with Gasteiger partial charge < -0.3 is 9.47 Å².